The van der Waals surface area contributed by atoms with Crippen molar-refractivity contribution in [1.82, 2.24) is 10.3 Å². The van der Waals surface area contributed by atoms with Crippen LogP contribution in [0.25, 0.3) is 0 Å². The topological polar surface area (TPSA) is 111 Å². The number of hydrogen-bond acceptors (Lipinski definition) is 6. The maximum Gasteiger partial charge on any atom is 0.427 e. The van der Waals surface area contributed by atoms with Gasteiger partial charge in [-0.3, -0.25) is 19.9 Å². The molecule has 2 unspecified atom stereocenters. The monoisotopic (exact) mass is 345 g/mol. The van der Waals surface area contributed by atoms with Gasteiger partial charge in [0.05, 0.1) is 10.5 Å². The Morgan fingerprint density at radius 1 is 1.52 bits per heavy atom. The molecule has 8 heteroatoms. The summed E-state index contributed by atoms with van der Waals surface area (Å²) in [5, 5.41) is 14.2. The molecule has 25 heavy (non-hydrogen) atoms. The normalized spacial score (nSPS) is 22.4. The van der Waals surface area contributed by atoms with Gasteiger partial charge in [0.1, 0.15) is 5.70 Å². The molecule has 2 rings (SSSR count). The third-order valence-electron chi connectivity index (χ3n) is 4.12. The summed E-state index contributed by atoms with van der Waals surface area (Å²) in [5.41, 5.74) is -1.54. The molecule has 1 aromatic heterocycles. The lowest BCUT2D eigenvalue weighted by molar-refractivity contribution is -0.592. The van der Waals surface area contributed by atoms with Crippen LogP contribution in [0.3, 0.4) is 0 Å². The van der Waals surface area contributed by atoms with Crippen LogP contribution in [0.2, 0.25) is 0 Å². The number of nitrogens with one attached hydrogen (secondary N) is 1. The van der Waals surface area contributed by atoms with Gasteiger partial charge in [-0.25, -0.2) is 4.79 Å². The van der Waals surface area contributed by atoms with Gasteiger partial charge in [0.2, 0.25) is 6.41 Å². The molecule has 0 radical (unpaired) electrons. The van der Waals surface area contributed by atoms with Crippen LogP contribution in [0.5, 0.6) is 0 Å². The Morgan fingerprint density at radius 2 is 2.28 bits per heavy atom. The van der Waals surface area contributed by atoms with E-state index in [0.29, 0.717) is 24.8 Å². The highest BCUT2D eigenvalue weighted by Crippen LogP contribution is 2.37. The molecule has 1 aliphatic carbocycles. The van der Waals surface area contributed by atoms with Crippen LogP contribution in [0, 0.1) is 16.0 Å². The molecule has 0 spiro atoms. The fourth-order valence-corrected chi connectivity index (χ4v) is 2.90. The van der Waals surface area contributed by atoms with Crippen molar-refractivity contribution < 1.29 is 19.2 Å². The van der Waals surface area contributed by atoms with Crippen molar-refractivity contribution in [3.63, 3.8) is 0 Å². The number of ether oxygens (including phenoxy) is 1. The fourth-order valence-electron chi connectivity index (χ4n) is 2.90. The lowest BCUT2D eigenvalue weighted by Crippen LogP contribution is -2.50. The van der Waals surface area contributed by atoms with Crippen molar-refractivity contribution in [2.24, 2.45) is 5.92 Å². The van der Waals surface area contributed by atoms with Crippen molar-refractivity contribution >= 4 is 12.4 Å². The summed E-state index contributed by atoms with van der Waals surface area (Å²) in [5.74, 6) is -0.970. The first-order valence-corrected chi connectivity index (χ1v) is 7.91. The first-order valence-electron chi connectivity index (χ1n) is 7.91. The van der Waals surface area contributed by atoms with E-state index in [4.69, 9.17) is 4.74 Å². The molecule has 1 aromatic rings. The highest BCUT2D eigenvalue weighted by Gasteiger charge is 2.53. The Labute approximate surface area is 144 Å². The number of carbonyl (C=O) groups excluding carboxylic acids is 2. The molecule has 0 bridgehead atoms. The van der Waals surface area contributed by atoms with E-state index in [1.54, 1.807) is 6.08 Å². The average Bonchev–Trinajstić information content (AvgIpc) is 2.63. The van der Waals surface area contributed by atoms with Gasteiger partial charge in [-0.1, -0.05) is 19.9 Å². The number of hydrogen-bond donors (Lipinski definition) is 1. The van der Waals surface area contributed by atoms with Crippen LogP contribution < -0.4 is 5.32 Å². The van der Waals surface area contributed by atoms with Crippen molar-refractivity contribution in [2.75, 3.05) is 0 Å². The maximum atomic E-state index is 12.4. The standard InChI is InChI=1S/C17H19N3O5/c1-3-12-7-8-17(20(23)24,15(19-11-21)14(12)4-2)25-16(22)13-6-5-9-18-10-13/h5-12H,3-4H2,1-2H3,(H,19,21). The SMILES string of the molecule is CCC1=C(NC=O)C(OC(=O)c2cccnc2)([N+](=O)[O-])C=CC1CC. The average molecular weight is 345 g/mol. The van der Waals surface area contributed by atoms with Crippen molar-refractivity contribution in [1.29, 1.82) is 0 Å². The van der Waals surface area contributed by atoms with Gasteiger partial charge in [0.15, 0.2) is 0 Å². The molecule has 1 amide bonds. The largest absolute Gasteiger partial charge is 0.427 e. The minimum Gasteiger partial charge on any atom is -0.384 e. The Morgan fingerprint density at radius 3 is 2.80 bits per heavy atom. The number of rotatable bonds is 7. The summed E-state index contributed by atoms with van der Waals surface area (Å²) in [6.45, 7) is 3.77. The molecule has 132 valence electrons. The predicted octanol–water partition coefficient (Wildman–Crippen LogP) is 2.22. The molecule has 0 saturated carbocycles. The van der Waals surface area contributed by atoms with Crippen LogP contribution in [-0.4, -0.2) is 28.0 Å². The summed E-state index contributed by atoms with van der Waals surface area (Å²) >= 11 is 0. The van der Waals surface area contributed by atoms with Crippen LogP contribution in [0.1, 0.15) is 37.0 Å². The van der Waals surface area contributed by atoms with Crippen LogP contribution in [0.4, 0.5) is 0 Å². The first-order chi connectivity index (χ1) is 12.0. The minimum atomic E-state index is -2.27. The zero-order chi connectivity index (χ0) is 18.4. The van der Waals surface area contributed by atoms with E-state index in [1.807, 2.05) is 13.8 Å². The molecule has 1 heterocycles. The van der Waals surface area contributed by atoms with Crippen molar-refractivity contribution in [3.05, 3.63) is 63.6 Å². The van der Waals surface area contributed by atoms with E-state index in [1.165, 1.54) is 30.6 Å². The predicted molar refractivity (Wildman–Crippen MR) is 88.8 cm³/mol. The quantitative estimate of drug-likeness (QED) is 0.202. The van der Waals surface area contributed by atoms with Gasteiger partial charge in [0.25, 0.3) is 0 Å². The number of carbonyl (C=O) groups is 2. The second kappa shape index (κ2) is 7.69. The summed E-state index contributed by atoms with van der Waals surface area (Å²) in [7, 11) is 0. The molecule has 1 aliphatic rings. The molecule has 0 saturated heterocycles. The number of pyridine rings is 1. The van der Waals surface area contributed by atoms with E-state index < -0.39 is 16.6 Å². The van der Waals surface area contributed by atoms with Gasteiger partial charge in [-0.05, 0) is 30.5 Å². The van der Waals surface area contributed by atoms with Crippen LogP contribution >= 0.6 is 0 Å². The molecular weight excluding hydrogens is 326 g/mol. The zero-order valence-electron chi connectivity index (χ0n) is 14.0. The molecule has 1 N–H and O–H groups in total. The summed E-state index contributed by atoms with van der Waals surface area (Å²) in [6, 6.07) is 2.97. The minimum absolute atomic E-state index is 0.0124. The summed E-state index contributed by atoms with van der Waals surface area (Å²) in [6.07, 6.45) is 7.13. The molecule has 0 aliphatic heterocycles. The lowest BCUT2D eigenvalue weighted by atomic mass is 9.84. The third-order valence-corrected chi connectivity index (χ3v) is 4.12. The summed E-state index contributed by atoms with van der Waals surface area (Å²) in [4.78, 5) is 38.4. The number of esters is 1. The van der Waals surface area contributed by atoms with Crippen molar-refractivity contribution in [3.8, 4) is 0 Å². The zero-order valence-corrected chi connectivity index (χ0v) is 14.0. The summed E-state index contributed by atoms with van der Waals surface area (Å²) < 4.78 is 5.27. The van der Waals surface area contributed by atoms with Gasteiger partial charge < -0.3 is 10.1 Å². The molecule has 0 fully saturated rings. The first kappa shape index (κ1) is 18.3. The van der Waals surface area contributed by atoms with Crippen LogP contribution in [-0.2, 0) is 9.53 Å². The molecule has 2 atom stereocenters. The fraction of sp³-hybridized carbons (Fsp3) is 0.353. The maximum absolute atomic E-state index is 12.4. The van der Waals surface area contributed by atoms with E-state index in [-0.39, 0.29) is 17.2 Å². The Hall–Kier alpha value is -3.03. The number of nitro groups is 1. The van der Waals surface area contributed by atoms with Gasteiger partial charge in [-0.15, -0.1) is 0 Å². The van der Waals surface area contributed by atoms with Gasteiger partial charge in [0, 0.05) is 24.4 Å². The van der Waals surface area contributed by atoms with E-state index in [2.05, 4.69) is 10.3 Å². The van der Waals surface area contributed by atoms with E-state index in [0.717, 1.165) is 0 Å². The van der Waals surface area contributed by atoms with Crippen LogP contribution in [0.15, 0.2) is 47.9 Å². The van der Waals surface area contributed by atoms with Crippen molar-refractivity contribution in [2.45, 2.75) is 32.4 Å². The number of amides is 1. The number of nitrogens with zero attached hydrogens (tertiary/aromatic N) is 2. The van der Waals surface area contributed by atoms with E-state index >= 15 is 0 Å². The smallest absolute Gasteiger partial charge is 0.384 e. The number of allylic oxidation sites excluding steroid dienone is 2. The Kier molecular flexibility index (Phi) is 5.63. The second-order valence-electron chi connectivity index (χ2n) is 5.47. The molecule has 0 aromatic carbocycles. The molecular formula is C17H19N3O5. The lowest BCUT2D eigenvalue weighted by Gasteiger charge is -2.31. The van der Waals surface area contributed by atoms with Gasteiger partial charge >= 0.3 is 11.7 Å². The second-order valence-corrected chi connectivity index (χ2v) is 5.47. The van der Waals surface area contributed by atoms with E-state index in [9.17, 15) is 19.7 Å². The highest BCUT2D eigenvalue weighted by molar-refractivity contribution is 5.89. The Bertz CT molecular complexity index is 729. The Balaban J connectivity index is 2.53. The highest BCUT2D eigenvalue weighted by atomic mass is 16.7. The number of aromatic nitrogens is 1. The van der Waals surface area contributed by atoms with Gasteiger partial charge in [-0.2, -0.15) is 0 Å². The molecule has 8 nitrogen and oxygen atoms in total. The third kappa shape index (κ3) is 3.42.